The molecule has 0 bridgehead atoms. The molecule has 3 heterocycles. The number of hydrogen-bond donors (Lipinski definition) is 5. The van der Waals surface area contributed by atoms with Gasteiger partial charge in [-0.15, -0.1) is 0 Å². The van der Waals surface area contributed by atoms with Crippen molar-refractivity contribution < 1.29 is 19.0 Å². The van der Waals surface area contributed by atoms with E-state index < -0.39 is 6.17 Å². The Labute approximate surface area is 198 Å². The van der Waals surface area contributed by atoms with E-state index in [9.17, 15) is 9.90 Å². The summed E-state index contributed by atoms with van der Waals surface area (Å²) in [5, 5.41) is 13.1. The van der Waals surface area contributed by atoms with Gasteiger partial charge in [-0.05, 0) is 48.1 Å². The van der Waals surface area contributed by atoms with Crippen LogP contribution >= 0.6 is 0 Å². The minimum Gasteiger partial charge on any atom is -0.508 e. The third kappa shape index (κ3) is 4.23. The van der Waals surface area contributed by atoms with Gasteiger partial charge in [-0.3, -0.25) is 10.2 Å². The topological polar surface area (TPSA) is 111 Å². The number of ether oxygens (including phenoxy) is 1. The van der Waals surface area contributed by atoms with Crippen molar-refractivity contribution in [3.8, 4) is 5.75 Å². The molecule has 1 aromatic carbocycles. The maximum atomic E-state index is 15.8. The number of alkyl halides is 1. The predicted octanol–water partition coefficient (Wildman–Crippen LogP) is 2.65. The number of fused-ring (bicyclic) bond motifs is 1. The van der Waals surface area contributed by atoms with Gasteiger partial charge < -0.3 is 20.1 Å². The van der Waals surface area contributed by atoms with Gasteiger partial charge in [0.25, 0.3) is 0 Å². The SMILES string of the molecule is CCc1cc(O)ccc1C1CCC2C(c3ncc(C4=C[C@@H](CC(=O)OC)NC4)[nH]3)NNC2C1F. The summed E-state index contributed by atoms with van der Waals surface area (Å²) in [6, 6.07) is 4.81. The number of esters is 1. The second-order valence-electron chi connectivity index (χ2n) is 9.46. The second kappa shape index (κ2) is 9.48. The standard InChI is InChI=1S/C25H32FN5O3/c1-3-13-9-16(32)4-5-17(13)18-6-7-19-23(22(18)26)30-31-24(19)25-28-12-20(29-25)14-8-15(27-11-14)10-21(33)34-2/h4-5,8-9,12,15,18-19,22-24,27,30-32H,3,6-7,10-11H2,1-2H3,(H,28,29)/t15-,18?,19?,22?,23?,24?/m0/s1. The van der Waals surface area contributed by atoms with E-state index in [1.165, 1.54) is 7.11 Å². The molecule has 34 heavy (non-hydrogen) atoms. The van der Waals surface area contributed by atoms with Crippen molar-refractivity contribution in [3.05, 3.63) is 53.1 Å². The molecule has 0 spiro atoms. The maximum Gasteiger partial charge on any atom is 0.307 e. The van der Waals surface area contributed by atoms with E-state index in [0.29, 0.717) is 13.0 Å². The number of aromatic nitrogens is 2. The van der Waals surface area contributed by atoms with Crippen LogP contribution in [0.3, 0.4) is 0 Å². The number of halogens is 1. The summed E-state index contributed by atoms with van der Waals surface area (Å²) < 4.78 is 20.5. The minimum absolute atomic E-state index is 0.0552. The van der Waals surface area contributed by atoms with Crippen LogP contribution in [0.2, 0.25) is 0 Å². The number of nitrogens with zero attached hydrogens (tertiary/aromatic N) is 1. The molecule has 5 unspecified atom stereocenters. The summed E-state index contributed by atoms with van der Waals surface area (Å²) in [6.07, 6.45) is 5.46. The number of aryl methyl sites for hydroxylation is 1. The summed E-state index contributed by atoms with van der Waals surface area (Å²) in [5.41, 5.74) is 10.5. The Bertz CT molecular complexity index is 1090. The van der Waals surface area contributed by atoms with E-state index in [0.717, 1.165) is 47.5 Å². The van der Waals surface area contributed by atoms with Gasteiger partial charge in [0.15, 0.2) is 0 Å². The molecule has 182 valence electrons. The molecule has 0 amide bonds. The lowest BCUT2D eigenvalue weighted by Crippen LogP contribution is -2.45. The number of rotatable bonds is 6. The Morgan fingerprint density at radius 3 is 2.94 bits per heavy atom. The first-order chi connectivity index (χ1) is 16.5. The number of aromatic hydroxyl groups is 1. The number of phenolic OH excluding ortho intramolecular Hbond substituents is 1. The number of methoxy groups -OCH3 is 1. The number of H-pyrrole nitrogens is 1. The number of carbonyl (C=O) groups excluding carboxylic acids is 1. The molecule has 5 N–H and O–H groups in total. The van der Waals surface area contributed by atoms with Gasteiger partial charge >= 0.3 is 5.97 Å². The van der Waals surface area contributed by atoms with E-state index >= 15 is 4.39 Å². The quantitative estimate of drug-likeness (QED) is 0.414. The zero-order valence-corrected chi connectivity index (χ0v) is 19.5. The van der Waals surface area contributed by atoms with Gasteiger partial charge in [0.2, 0.25) is 0 Å². The fourth-order valence-electron chi connectivity index (χ4n) is 5.75. The molecule has 9 heteroatoms. The van der Waals surface area contributed by atoms with Crippen molar-refractivity contribution in [2.75, 3.05) is 13.7 Å². The summed E-state index contributed by atoms with van der Waals surface area (Å²) in [4.78, 5) is 19.6. The first-order valence-corrected chi connectivity index (χ1v) is 12.0. The number of phenols is 1. The lowest BCUT2D eigenvalue weighted by atomic mass is 9.71. The fourth-order valence-corrected chi connectivity index (χ4v) is 5.75. The fraction of sp³-hybridized carbons (Fsp3) is 0.520. The highest BCUT2D eigenvalue weighted by atomic mass is 19.1. The van der Waals surface area contributed by atoms with Gasteiger partial charge in [0.05, 0.1) is 37.5 Å². The highest BCUT2D eigenvalue weighted by Crippen LogP contribution is 2.45. The average molecular weight is 470 g/mol. The molecule has 2 aliphatic heterocycles. The molecule has 5 rings (SSSR count). The van der Waals surface area contributed by atoms with Gasteiger partial charge in [-0.2, -0.15) is 0 Å². The first-order valence-electron chi connectivity index (χ1n) is 12.0. The van der Waals surface area contributed by atoms with Gasteiger partial charge in [-0.25, -0.2) is 14.8 Å². The molecule has 8 nitrogen and oxygen atoms in total. The van der Waals surface area contributed by atoms with Gasteiger partial charge in [0, 0.05) is 24.4 Å². The first kappa shape index (κ1) is 23.0. The van der Waals surface area contributed by atoms with Crippen molar-refractivity contribution in [3.63, 3.8) is 0 Å². The Morgan fingerprint density at radius 1 is 1.29 bits per heavy atom. The Morgan fingerprint density at radius 2 is 2.15 bits per heavy atom. The summed E-state index contributed by atoms with van der Waals surface area (Å²) in [6.45, 7) is 2.68. The largest absolute Gasteiger partial charge is 0.508 e. The number of aromatic amines is 1. The van der Waals surface area contributed by atoms with Crippen molar-refractivity contribution >= 4 is 11.5 Å². The highest BCUT2D eigenvalue weighted by molar-refractivity contribution is 5.73. The summed E-state index contributed by atoms with van der Waals surface area (Å²) in [5.74, 6) is 0.649. The molecule has 0 radical (unpaired) electrons. The third-order valence-corrected chi connectivity index (χ3v) is 7.55. The molecule has 1 aliphatic carbocycles. The summed E-state index contributed by atoms with van der Waals surface area (Å²) >= 11 is 0. The molecule has 2 aromatic rings. The number of nitrogens with one attached hydrogen (secondary N) is 4. The Balaban J connectivity index is 1.29. The monoisotopic (exact) mass is 469 g/mol. The minimum atomic E-state index is -1.04. The number of benzene rings is 1. The van der Waals surface area contributed by atoms with Gasteiger partial charge in [-0.1, -0.05) is 19.1 Å². The second-order valence-corrected chi connectivity index (χ2v) is 9.46. The molecule has 6 atom stereocenters. The average Bonchev–Trinajstić information content (AvgIpc) is 3.58. The van der Waals surface area contributed by atoms with Gasteiger partial charge in [0.1, 0.15) is 17.7 Å². The molecule has 1 aromatic heterocycles. The number of imidazole rings is 1. The van der Waals surface area contributed by atoms with Crippen molar-refractivity contribution in [2.24, 2.45) is 5.92 Å². The van der Waals surface area contributed by atoms with Crippen LogP contribution in [-0.4, -0.2) is 53.0 Å². The number of hydrazine groups is 1. The van der Waals surface area contributed by atoms with Crippen LogP contribution in [-0.2, 0) is 16.0 Å². The van der Waals surface area contributed by atoms with E-state index in [1.807, 2.05) is 19.1 Å². The molecule has 1 saturated carbocycles. The maximum absolute atomic E-state index is 15.8. The summed E-state index contributed by atoms with van der Waals surface area (Å²) in [7, 11) is 1.39. The Hall–Kier alpha value is -2.75. The van der Waals surface area contributed by atoms with Crippen molar-refractivity contribution in [1.82, 2.24) is 26.1 Å². The highest BCUT2D eigenvalue weighted by Gasteiger charge is 2.48. The lowest BCUT2D eigenvalue weighted by Gasteiger charge is -2.36. The molecular formula is C25H32FN5O3. The number of hydrogen-bond acceptors (Lipinski definition) is 7. The van der Waals surface area contributed by atoms with Crippen molar-refractivity contribution in [1.29, 1.82) is 0 Å². The lowest BCUT2D eigenvalue weighted by molar-refractivity contribution is -0.140. The van der Waals surface area contributed by atoms with E-state index in [-0.39, 0.29) is 41.7 Å². The van der Waals surface area contributed by atoms with Crippen LogP contribution in [0.1, 0.15) is 60.8 Å². The zero-order valence-electron chi connectivity index (χ0n) is 19.5. The van der Waals surface area contributed by atoms with E-state index in [2.05, 4.69) is 26.1 Å². The third-order valence-electron chi connectivity index (χ3n) is 7.55. The molecule has 2 fully saturated rings. The van der Waals surface area contributed by atoms with E-state index in [4.69, 9.17) is 4.74 Å². The van der Waals surface area contributed by atoms with Crippen LogP contribution in [0.5, 0.6) is 5.75 Å². The van der Waals surface area contributed by atoms with E-state index in [1.54, 1.807) is 18.3 Å². The smallest absolute Gasteiger partial charge is 0.307 e. The van der Waals surface area contributed by atoms with Crippen LogP contribution in [0.4, 0.5) is 4.39 Å². The van der Waals surface area contributed by atoms with Crippen molar-refractivity contribution in [2.45, 2.75) is 62.8 Å². The van der Waals surface area contributed by atoms with Crippen LogP contribution in [0.15, 0.2) is 30.5 Å². The van der Waals surface area contributed by atoms with Crippen LogP contribution in [0.25, 0.3) is 5.57 Å². The predicted molar refractivity (Wildman–Crippen MR) is 126 cm³/mol. The normalized spacial score (nSPS) is 30.7. The molecule has 3 aliphatic rings. The molecule has 1 saturated heterocycles. The Kier molecular flexibility index (Phi) is 6.42. The zero-order chi connectivity index (χ0) is 23.8. The molecular weight excluding hydrogens is 437 g/mol. The number of carbonyl (C=O) groups is 1. The van der Waals surface area contributed by atoms with Crippen LogP contribution in [0, 0.1) is 5.92 Å². The van der Waals surface area contributed by atoms with Crippen LogP contribution < -0.4 is 16.2 Å².